The fourth-order valence-corrected chi connectivity index (χ4v) is 2.96. The predicted molar refractivity (Wildman–Crippen MR) is 105 cm³/mol. The third-order valence-corrected chi connectivity index (χ3v) is 4.33. The second-order valence-electron chi connectivity index (χ2n) is 6.14. The highest BCUT2D eigenvalue weighted by Crippen LogP contribution is 2.08. The van der Waals surface area contributed by atoms with Gasteiger partial charge in [-0.25, -0.2) is 0 Å². The van der Waals surface area contributed by atoms with Crippen molar-refractivity contribution < 1.29 is 0 Å². The molecule has 0 bridgehead atoms. The van der Waals surface area contributed by atoms with Gasteiger partial charge in [0.05, 0.1) is 0 Å². The van der Waals surface area contributed by atoms with E-state index in [2.05, 4.69) is 44.6 Å². The Labute approximate surface area is 152 Å². The van der Waals surface area contributed by atoms with Crippen LogP contribution in [0.15, 0.2) is 17.1 Å². The van der Waals surface area contributed by atoms with Crippen LogP contribution in [0.4, 0.5) is 0 Å². The van der Waals surface area contributed by atoms with Crippen LogP contribution in [0, 0.1) is 0 Å². The fourth-order valence-electron chi connectivity index (χ4n) is 2.96. The van der Waals surface area contributed by atoms with Crippen LogP contribution >= 0.6 is 24.0 Å². The van der Waals surface area contributed by atoms with E-state index in [0.29, 0.717) is 6.04 Å². The lowest BCUT2D eigenvalue weighted by atomic mass is 10.2. The highest BCUT2D eigenvalue weighted by Gasteiger charge is 2.13. The van der Waals surface area contributed by atoms with Gasteiger partial charge < -0.3 is 20.4 Å². The second-order valence-corrected chi connectivity index (χ2v) is 6.14. The Balaban J connectivity index is 0.00000242. The van der Waals surface area contributed by atoms with Gasteiger partial charge in [0.1, 0.15) is 0 Å². The molecule has 0 atom stereocenters. The molecule has 0 saturated carbocycles. The van der Waals surface area contributed by atoms with E-state index in [-0.39, 0.29) is 24.0 Å². The Morgan fingerprint density at radius 1 is 1.18 bits per heavy atom. The second kappa shape index (κ2) is 11.2. The number of hydrogen-bond acceptors (Lipinski definition) is 3. The number of halogens is 1. The highest BCUT2D eigenvalue weighted by molar-refractivity contribution is 14.0. The first-order valence-electron chi connectivity index (χ1n) is 8.31. The number of rotatable bonds is 5. The van der Waals surface area contributed by atoms with E-state index in [1.165, 1.54) is 45.6 Å². The number of nitrogens with zero attached hydrogens (tertiary/aromatic N) is 3. The topological polar surface area (TPSA) is 42.9 Å². The van der Waals surface area contributed by atoms with E-state index in [0.717, 1.165) is 25.3 Å². The van der Waals surface area contributed by atoms with E-state index >= 15 is 0 Å². The SMILES string of the molecule is CN=C(NCCCN1CCCN(C)CC1)NC1CC=CC1.I. The smallest absolute Gasteiger partial charge is 0.191 e. The van der Waals surface area contributed by atoms with E-state index < -0.39 is 0 Å². The maximum atomic E-state index is 4.31. The van der Waals surface area contributed by atoms with Crippen LogP contribution < -0.4 is 10.6 Å². The molecule has 22 heavy (non-hydrogen) atoms. The zero-order valence-electron chi connectivity index (χ0n) is 14.1. The average molecular weight is 421 g/mol. The van der Waals surface area contributed by atoms with Crippen molar-refractivity contribution in [2.45, 2.75) is 31.7 Å². The molecule has 0 radical (unpaired) electrons. The van der Waals surface area contributed by atoms with Crippen LogP contribution in [0.1, 0.15) is 25.7 Å². The number of likely N-dealkylation sites (N-methyl/N-ethyl adjacent to an activating group) is 1. The molecule has 0 aromatic rings. The summed E-state index contributed by atoms with van der Waals surface area (Å²) >= 11 is 0. The van der Waals surface area contributed by atoms with E-state index in [1.54, 1.807) is 0 Å². The Morgan fingerprint density at radius 2 is 1.95 bits per heavy atom. The molecule has 1 aliphatic heterocycles. The first-order chi connectivity index (χ1) is 10.3. The van der Waals surface area contributed by atoms with Crippen molar-refractivity contribution in [3.8, 4) is 0 Å². The van der Waals surface area contributed by atoms with Crippen LogP contribution in [0.2, 0.25) is 0 Å². The molecule has 2 rings (SSSR count). The van der Waals surface area contributed by atoms with Gasteiger partial charge in [0.2, 0.25) is 0 Å². The summed E-state index contributed by atoms with van der Waals surface area (Å²) in [6.07, 6.45) is 9.17. The molecule has 0 spiro atoms. The molecular formula is C16H32IN5. The molecule has 128 valence electrons. The van der Waals surface area contributed by atoms with Crippen molar-refractivity contribution in [3.63, 3.8) is 0 Å². The van der Waals surface area contributed by atoms with Crippen LogP contribution in [0.5, 0.6) is 0 Å². The lowest BCUT2D eigenvalue weighted by Crippen LogP contribution is -2.43. The summed E-state index contributed by atoms with van der Waals surface area (Å²) in [7, 11) is 4.07. The van der Waals surface area contributed by atoms with Crippen LogP contribution in [-0.2, 0) is 0 Å². The van der Waals surface area contributed by atoms with Crippen LogP contribution in [-0.4, -0.2) is 75.2 Å². The Bertz CT molecular complexity index is 350. The molecule has 5 nitrogen and oxygen atoms in total. The summed E-state index contributed by atoms with van der Waals surface area (Å²) in [5.41, 5.74) is 0. The summed E-state index contributed by atoms with van der Waals surface area (Å²) in [4.78, 5) is 9.32. The molecule has 1 heterocycles. The number of nitrogens with one attached hydrogen (secondary N) is 2. The van der Waals surface area contributed by atoms with Crippen molar-refractivity contribution in [2.75, 3.05) is 53.4 Å². The normalized spacial score (nSPS) is 21.5. The molecule has 0 amide bonds. The molecule has 6 heteroatoms. The van der Waals surface area contributed by atoms with Crippen molar-refractivity contribution in [2.24, 2.45) is 4.99 Å². The van der Waals surface area contributed by atoms with Gasteiger partial charge >= 0.3 is 0 Å². The fraction of sp³-hybridized carbons (Fsp3) is 0.812. The standard InChI is InChI=1S/C16H31N5.HI/c1-17-16(19-15-7-3-4-8-15)18-9-5-11-21-12-6-10-20(2)13-14-21;/h3-4,15H,5-14H2,1-2H3,(H2,17,18,19);1H. The van der Waals surface area contributed by atoms with Crippen molar-refractivity contribution in [3.05, 3.63) is 12.2 Å². The quantitative estimate of drug-likeness (QED) is 0.232. The average Bonchev–Trinajstić information content (AvgIpc) is 2.91. The summed E-state index contributed by atoms with van der Waals surface area (Å²) in [6, 6.07) is 0.525. The molecular weight excluding hydrogens is 389 g/mol. The molecule has 2 aliphatic rings. The molecule has 1 saturated heterocycles. The van der Waals surface area contributed by atoms with Crippen molar-refractivity contribution in [1.82, 2.24) is 20.4 Å². The summed E-state index contributed by atoms with van der Waals surface area (Å²) < 4.78 is 0. The van der Waals surface area contributed by atoms with Gasteiger partial charge in [0.15, 0.2) is 5.96 Å². The number of hydrogen-bond donors (Lipinski definition) is 2. The summed E-state index contributed by atoms with van der Waals surface area (Å²) in [5, 5.41) is 6.91. The lowest BCUT2D eigenvalue weighted by Gasteiger charge is -2.21. The van der Waals surface area contributed by atoms with Crippen LogP contribution in [0.3, 0.4) is 0 Å². The molecule has 2 N–H and O–H groups in total. The van der Waals surface area contributed by atoms with Gasteiger partial charge in [0, 0.05) is 32.7 Å². The van der Waals surface area contributed by atoms with Gasteiger partial charge in [-0.15, -0.1) is 24.0 Å². The van der Waals surface area contributed by atoms with Gasteiger partial charge in [0.25, 0.3) is 0 Å². The van der Waals surface area contributed by atoms with E-state index in [4.69, 9.17) is 0 Å². The van der Waals surface area contributed by atoms with E-state index in [9.17, 15) is 0 Å². The van der Waals surface area contributed by atoms with Gasteiger partial charge in [-0.1, -0.05) is 12.2 Å². The van der Waals surface area contributed by atoms with E-state index in [1.807, 2.05) is 7.05 Å². The van der Waals surface area contributed by atoms with Gasteiger partial charge in [-0.2, -0.15) is 0 Å². The first kappa shape index (κ1) is 19.7. The zero-order valence-corrected chi connectivity index (χ0v) is 16.4. The third-order valence-electron chi connectivity index (χ3n) is 4.33. The molecule has 0 aromatic heterocycles. The summed E-state index contributed by atoms with van der Waals surface area (Å²) in [6.45, 7) is 7.06. The van der Waals surface area contributed by atoms with Crippen molar-refractivity contribution in [1.29, 1.82) is 0 Å². The number of aliphatic imine (C=N–C) groups is 1. The maximum absolute atomic E-state index is 4.31. The predicted octanol–water partition coefficient (Wildman–Crippen LogP) is 1.52. The Morgan fingerprint density at radius 3 is 2.68 bits per heavy atom. The van der Waals surface area contributed by atoms with Crippen LogP contribution in [0.25, 0.3) is 0 Å². The van der Waals surface area contributed by atoms with Gasteiger partial charge in [-0.3, -0.25) is 4.99 Å². The van der Waals surface area contributed by atoms with Crippen molar-refractivity contribution >= 4 is 29.9 Å². The highest BCUT2D eigenvalue weighted by atomic mass is 127. The molecule has 1 fully saturated rings. The zero-order chi connectivity index (χ0) is 14.9. The lowest BCUT2D eigenvalue weighted by molar-refractivity contribution is 0.274. The molecule has 0 aromatic carbocycles. The Kier molecular flexibility index (Phi) is 10.1. The minimum absolute atomic E-state index is 0. The monoisotopic (exact) mass is 421 g/mol. The molecule has 0 unspecified atom stereocenters. The molecule has 1 aliphatic carbocycles. The van der Waals surface area contributed by atoms with Gasteiger partial charge in [-0.05, 0) is 52.4 Å². The minimum Gasteiger partial charge on any atom is -0.356 e. The third kappa shape index (κ3) is 7.28. The number of guanidine groups is 1. The largest absolute Gasteiger partial charge is 0.356 e. The minimum atomic E-state index is 0. The summed E-state index contributed by atoms with van der Waals surface area (Å²) in [5.74, 6) is 0.944. The Hall–Kier alpha value is -0.340. The maximum Gasteiger partial charge on any atom is 0.191 e. The first-order valence-corrected chi connectivity index (χ1v) is 8.31.